The van der Waals surface area contributed by atoms with Gasteiger partial charge in [0, 0.05) is 25.2 Å². The Balaban J connectivity index is 2.06. The minimum Gasteiger partial charge on any atom is -0.294 e. The van der Waals surface area contributed by atoms with Gasteiger partial charge in [0.25, 0.3) is 0 Å². The number of benzene rings is 1. The van der Waals surface area contributed by atoms with Crippen LogP contribution in [0.3, 0.4) is 0 Å². The molecule has 0 unspecified atom stereocenters. The van der Waals surface area contributed by atoms with Crippen molar-refractivity contribution in [3.8, 4) is 0 Å². The molecule has 2 rings (SSSR count). The summed E-state index contributed by atoms with van der Waals surface area (Å²) in [4.78, 5) is 11.9. The third-order valence-electron chi connectivity index (χ3n) is 2.65. The van der Waals surface area contributed by atoms with E-state index in [9.17, 15) is 9.18 Å². The lowest BCUT2D eigenvalue weighted by Gasteiger charge is -2.03. The van der Waals surface area contributed by atoms with Gasteiger partial charge in [0.2, 0.25) is 0 Å². The lowest BCUT2D eigenvalue weighted by Crippen LogP contribution is -2.02. The number of rotatable bonds is 4. The topological polar surface area (TPSA) is 34.9 Å². The normalized spacial score (nSPS) is 10.6. The first-order chi connectivity index (χ1) is 8.58. The molecular weight excluding hydrogens is 255 g/mol. The highest BCUT2D eigenvalue weighted by molar-refractivity contribution is 6.34. The van der Waals surface area contributed by atoms with Crippen LogP contribution in [-0.4, -0.2) is 15.6 Å². The van der Waals surface area contributed by atoms with Crippen molar-refractivity contribution < 1.29 is 9.18 Å². The smallest absolute Gasteiger partial charge is 0.164 e. The van der Waals surface area contributed by atoms with Gasteiger partial charge in [-0.05, 0) is 24.1 Å². The summed E-state index contributed by atoms with van der Waals surface area (Å²) in [7, 11) is 1.81. The Kier molecular flexibility index (Phi) is 3.77. The Bertz CT molecular complexity index is 580. The SMILES string of the molecule is Cn1cc(CCC(=O)c2cccc(F)c2Cl)cn1. The Hall–Kier alpha value is -1.68. The van der Waals surface area contributed by atoms with E-state index in [2.05, 4.69) is 5.10 Å². The van der Waals surface area contributed by atoms with Crippen molar-refractivity contribution in [2.75, 3.05) is 0 Å². The number of aryl methyl sites for hydroxylation is 2. The molecule has 0 radical (unpaired) electrons. The van der Waals surface area contributed by atoms with E-state index in [0.29, 0.717) is 6.42 Å². The molecule has 1 aromatic carbocycles. The first-order valence-corrected chi connectivity index (χ1v) is 5.90. The molecule has 0 fully saturated rings. The lowest BCUT2D eigenvalue weighted by atomic mass is 10.0. The van der Waals surface area contributed by atoms with Gasteiger partial charge in [0.15, 0.2) is 5.78 Å². The molecule has 2 aromatic rings. The molecule has 0 saturated carbocycles. The zero-order chi connectivity index (χ0) is 13.1. The highest BCUT2D eigenvalue weighted by atomic mass is 35.5. The van der Waals surface area contributed by atoms with Crippen LogP contribution in [-0.2, 0) is 13.5 Å². The molecule has 0 bridgehead atoms. The van der Waals surface area contributed by atoms with Crippen LogP contribution in [0, 0.1) is 5.82 Å². The van der Waals surface area contributed by atoms with Gasteiger partial charge in [-0.3, -0.25) is 9.48 Å². The number of nitrogens with zero attached hydrogens (tertiary/aromatic N) is 2. The maximum Gasteiger partial charge on any atom is 0.164 e. The number of ketones is 1. The Labute approximate surface area is 109 Å². The van der Waals surface area contributed by atoms with Gasteiger partial charge in [0.1, 0.15) is 5.82 Å². The molecule has 0 atom stereocenters. The summed E-state index contributed by atoms with van der Waals surface area (Å²) in [5.74, 6) is -0.729. The largest absolute Gasteiger partial charge is 0.294 e. The van der Waals surface area contributed by atoms with Crippen LogP contribution in [0.25, 0.3) is 0 Å². The van der Waals surface area contributed by atoms with Crippen LogP contribution in [0.2, 0.25) is 5.02 Å². The fourth-order valence-corrected chi connectivity index (χ4v) is 1.94. The van der Waals surface area contributed by atoms with E-state index in [1.165, 1.54) is 18.2 Å². The minimum atomic E-state index is -0.566. The summed E-state index contributed by atoms with van der Waals surface area (Å²) < 4.78 is 14.9. The molecule has 18 heavy (non-hydrogen) atoms. The van der Waals surface area contributed by atoms with Crippen molar-refractivity contribution in [3.63, 3.8) is 0 Å². The van der Waals surface area contributed by atoms with E-state index in [-0.39, 0.29) is 22.8 Å². The molecule has 3 nitrogen and oxygen atoms in total. The van der Waals surface area contributed by atoms with E-state index < -0.39 is 5.82 Å². The summed E-state index contributed by atoms with van der Waals surface area (Å²) in [6, 6.07) is 4.26. The summed E-state index contributed by atoms with van der Waals surface area (Å²) in [5.41, 5.74) is 1.21. The predicted molar refractivity (Wildman–Crippen MR) is 67.3 cm³/mol. The number of aromatic nitrogens is 2. The summed E-state index contributed by atoms with van der Waals surface area (Å²) in [5, 5.41) is 3.92. The Morgan fingerprint density at radius 1 is 1.50 bits per heavy atom. The van der Waals surface area contributed by atoms with E-state index in [0.717, 1.165) is 5.56 Å². The standard InChI is InChI=1S/C13H12ClFN2O/c1-17-8-9(7-16-17)5-6-12(18)10-3-2-4-11(15)13(10)14/h2-4,7-8H,5-6H2,1H3. The van der Waals surface area contributed by atoms with Crippen molar-refractivity contribution in [3.05, 3.63) is 52.6 Å². The van der Waals surface area contributed by atoms with Gasteiger partial charge < -0.3 is 0 Å². The van der Waals surface area contributed by atoms with Crippen LogP contribution in [0.5, 0.6) is 0 Å². The summed E-state index contributed by atoms with van der Waals surface area (Å²) in [6.45, 7) is 0. The van der Waals surface area contributed by atoms with Crippen molar-refractivity contribution in [2.45, 2.75) is 12.8 Å². The lowest BCUT2D eigenvalue weighted by molar-refractivity contribution is 0.0982. The maximum atomic E-state index is 13.2. The molecular formula is C13H12ClFN2O. The van der Waals surface area contributed by atoms with Gasteiger partial charge in [-0.15, -0.1) is 0 Å². The maximum absolute atomic E-state index is 13.2. The molecule has 0 saturated heterocycles. The number of Topliss-reactive ketones (excluding diaryl/α,β-unsaturated/α-hetero) is 1. The van der Waals surface area contributed by atoms with Crippen LogP contribution in [0.15, 0.2) is 30.6 Å². The molecule has 0 spiro atoms. The molecule has 94 valence electrons. The van der Waals surface area contributed by atoms with Crippen molar-refractivity contribution >= 4 is 17.4 Å². The zero-order valence-corrected chi connectivity index (χ0v) is 10.6. The molecule has 0 amide bonds. The number of hydrogen-bond donors (Lipinski definition) is 0. The second-order valence-electron chi connectivity index (χ2n) is 4.05. The van der Waals surface area contributed by atoms with E-state index in [4.69, 9.17) is 11.6 Å². The minimum absolute atomic E-state index is 0.103. The first kappa shape index (κ1) is 12.8. The summed E-state index contributed by atoms with van der Waals surface area (Å²) >= 11 is 5.76. The van der Waals surface area contributed by atoms with Crippen LogP contribution in [0.1, 0.15) is 22.3 Å². The monoisotopic (exact) mass is 266 g/mol. The fourth-order valence-electron chi connectivity index (χ4n) is 1.71. The number of carbonyl (C=O) groups excluding carboxylic acids is 1. The number of carbonyl (C=O) groups is 1. The quantitative estimate of drug-likeness (QED) is 0.798. The van der Waals surface area contributed by atoms with Gasteiger partial charge in [0.05, 0.1) is 11.2 Å². The van der Waals surface area contributed by atoms with Crippen LogP contribution >= 0.6 is 11.6 Å². The highest BCUT2D eigenvalue weighted by Crippen LogP contribution is 2.21. The van der Waals surface area contributed by atoms with E-state index in [1.54, 1.807) is 10.9 Å². The van der Waals surface area contributed by atoms with Gasteiger partial charge in [-0.2, -0.15) is 5.10 Å². The second-order valence-corrected chi connectivity index (χ2v) is 4.42. The van der Waals surface area contributed by atoms with Gasteiger partial charge >= 0.3 is 0 Å². The summed E-state index contributed by atoms with van der Waals surface area (Å²) in [6.07, 6.45) is 4.41. The van der Waals surface area contributed by atoms with Crippen molar-refractivity contribution in [2.24, 2.45) is 7.05 Å². The van der Waals surface area contributed by atoms with E-state index in [1.807, 2.05) is 13.2 Å². The van der Waals surface area contributed by atoms with Crippen molar-refractivity contribution in [1.29, 1.82) is 0 Å². The zero-order valence-electron chi connectivity index (χ0n) is 9.86. The first-order valence-electron chi connectivity index (χ1n) is 5.52. The molecule has 0 aliphatic carbocycles. The van der Waals surface area contributed by atoms with Crippen LogP contribution in [0.4, 0.5) is 4.39 Å². The Morgan fingerprint density at radius 3 is 2.94 bits per heavy atom. The molecule has 0 aliphatic rings. The molecule has 5 heteroatoms. The molecule has 0 N–H and O–H groups in total. The number of hydrogen-bond acceptors (Lipinski definition) is 2. The molecule has 0 aliphatic heterocycles. The fraction of sp³-hybridized carbons (Fsp3) is 0.231. The van der Waals surface area contributed by atoms with Gasteiger partial charge in [-0.1, -0.05) is 17.7 Å². The second kappa shape index (κ2) is 5.31. The van der Waals surface area contributed by atoms with Crippen molar-refractivity contribution in [1.82, 2.24) is 9.78 Å². The highest BCUT2D eigenvalue weighted by Gasteiger charge is 2.13. The molecule has 1 heterocycles. The Morgan fingerprint density at radius 2 is 2.28 bits per heavy atom. The van der Waals surface area contributed by atoms with Crippen LogP contribution < -0.4 is 0 Å². The van der Waals surface area contributed by atoms with Gasteiger partial charge in [-0.25, -0.2) is 4.39 Å². The molecule has 1 aromatic heterocycles. The third-order valence-corrected chi connectivity index (χ3v) is 3.04. The van der Waals surface area contributed by atoms with E-state index >= 15 is 0 Å². The number of halogens is 2. The predicted octanol–water partition coefficient (Wildman–Crippen LogP) is 3.03. The third kappa shape index (κ3) is 2.76. The average molecular weight is 267 g/mol. The average Bonchev–Trinajstić information content (AvgIpc) is 2.76.